The van der Waals surface area contributed by atoms with E-state index in [4.69, 9.17) is 4.74 Å². The predicted molar refractivity (Wildman–Crippen MR) is 105 cm³/mol. The molecule has 26 heavy (non-hydrogen) atoms. The van der Waals surface area contributed by atoms with Crippen LogP contribution in [-0.2, 0) is 16.1 Å². The van der Waals surface area contributed by atoms with E-state index in [1.165, 1.54) is 4.88 Å². The number of rotatable bonds is 7. The fourth-order valence-corrected chi connectivity index (χ4v) is 3.18. The summed E-state index contributed by atoms with van der Waals surface area (Å²) < 4.78 is 5.46. The van der Waals surface area contributed by atoms with Crippen LogP contribution < -0.4 is 10.6 Å². The first-order valence-corrected chi connectivity index (χ1v) is 9.44. The Morgan fingerprint density at radius 2 is 1.77 bits per heavy atom. The Balaban J connectivity index is 1.73. The standard InChI is InChI=1S/C20H26N2O3S/c1-14-5-8-16(9-6-14)22-18(23)11-12-20(3,4)25-19(24)21-13-17-10-7-15(2)26-17/h5-10H,11-13H2,1-4H3,(H,21,24)(H,22,23). The Bertz CT molecular complexity index is 751. The van der Waals surface area contributed by atoms with E-state index < -0.39 is 11.7 Å². The summed E-state index contributed by atoms with van der Waals surface area (Å²) in [6.45, 7) is 8.08. The maximum atomic E-state index is 12.1. The number of amides is 2. The zero-order valence-electron chi connectivity index (χ0n) is 15.7. The van der Waals surface area contributed by atoms with Gasteiger partial charge in [-0.05, 0) is 58.4 Å². The molecule has 0 aliphatic carbocycles. The van der Waals surface area contributed by atoms with Crippen molar-refractivity contribution in [2.75, 3.05) is 5.32 Å². The van der Waals surface area contributed by atoms with Crippen molar-refractivity contribution in [2.24, 2.45) is 0 Å². The van der Waals surface area contributed by atoms with Gasteiger partial charge in [-0.15, -0.1) is 11.3 Å². The average molecular weight is 375 g/mol. The summed E-state index contributed by atoms with van der Waals surface area (Å²) in [6.07, 6.45) is 0.245. The van der Waals surface area contributed by atoms with Crippen LogP contribution in [0.5, 0.6) is 0 Å². The molecule has 6 heteroatoms. The van der Waals surface area contributed by atoms with Crippen LogP contribution in [0.2, 0.25) is 0 Å². The molecule has 0 spiro atoms. The number of thiophene rings is 1. The van der Waals surface area contributed by atoms with E-state index in [1.807, 2.05) is 50.2 Å². The number of carbonyl (C=O) groups is 2. The van der Waals surface area contributed by atoms with Crippen LogP contribution in [0.15, 0.2) is 36.4 Å². The van der Waals surface area contributed by atoms with Gasteiger partial charge >= 0.3 is 6.09 Å². The summed E-state index contributed by atoms with van der Waals surface area (Å²) in [5.41, 5.74) is 1.18. The molecule has 1 aromatic carbocycles. The van der Waals surface area contributed by atoms with Crippen LogP contribution in [0.3, 0.4) is 0 Å². The van der Waals surface area contributed by atoms with Crippen molar-refractivity contribution < 1.29 is 14.3 Å². The highest BCUT2D eigenvalue weighted by atomic mass is 32.1. The third-order valence-electron chi connectivity index (χ3n) is 3.86. The van der Waals surface area contributed by atoms with E-state index >= 15 is 0 Å². The largest absolute Gasteiger partial charge is 0.444 e. The molecule has 0 saturated heterocycles. The third-order valence-corrected chi connectivity index (χ3v) is 4.86. The van der Waals surface area contributed by atoms with Gasteiger partial charge in [-0.1, -0.05) is 17.7 Å². The van der Waals surface area contributed by atoms with Crippen molar-refractivity contribution >= 4 is 29.0 Å². The molecular weight excluding hydrogens is 348 g/mol. The number of aryl methyl sites for hydroxylation is 2. The van der Waals surface area contributed by atoms with Crippen LogP contribution in [0.1, 0.15) is 42.0 Å². The smallest absolute Gasteiger partial charge is 0.407 e. The van der Waals surface area contributed by atoms with Gasteiger partial charge in [0.2, 0.25) is 5.91 Å². The number of ether oxygens (including phenoxy) is 1. The highest BCUT2D eigenvalue weighted by molar-refractivity contribution is 7.11. The molecule has 0 aliphatic heterocycles. The average Bonchev–Trinajstić information content (AvgIpc) is 2.98. The molecule has 2 rings (SSSR count). The molecule has 0 fully saturated rings. The van der Waals surface area contributed by atoms with Crippen LogP contribution >= 0.6 is 11.3 Å². The molecule has 5 nitrogen and oxygen atoms in total. The molecule has 1 heterocycles. The molecule has 0 unspecified atom stereocenters. The minimum Gasteiger partial charge on any atom is -0.444 e. The van der Waals surface area contributed by atoms with Crippen molar-refractivity contribution in [3.05, 3.63) is 51.7 Å². The zero-order chi connectivity index (χ0) is 19.2. The minimum absolute atomic E-state index is 0.0972. The van der Waals surface area contributed by atoms with Crippen LogP contribution in [0.25, 0.3) is 0 Å². The minimum atomic E-state index is -0.722. The van der Waals surface area contributed by atoms with Gasteiger partial charge in [0.25, 0.3) is 0 Å². The summed E-state index contributed by atoms with van der Waals surface area (Å²) >= 11 is 1.64. The molecular formula is C20H26N2O3S. The molecule has 0 aliphatic rings. The van der Waals surface area contributed by atoms with Crippen molar-refractivity contribution in [3.63, 3.8) is 0 Å². The Kier molecular flexibility index (Phi) is 6.80. The van der Waals surface area contributed by atoms with Crippen LogP contribution in [0.4, 0.5) is 10.5 Å². The first-order valence-electron chi connectivity index (χ1n) is 8.62. The maximum Gasteiger partial charge on any atom is 0.407 e. The summed E-state index contributed by atoms with van der Waals surface area (Å²) in [4.78, 5) is 26.3. The van der Waals surface area contributed by atoms with Crippen molar-refractivity contribution in [2.45, 2.75) is 52.7 Å². The second kappa shape index (κ2) is 8.85. The lowest BCUT2D eigenvalue weighted by Crippen LogP contribution is -2.35. The Morgan fingerprint density at radius 3 is 2.38 bits per heavy atom. The number of hydrogen-bond donors (Lipinski definition) is 2. The van der Waals surface area contributed by atoms with Gasteiger partial charge in [0, 0.05) is 21.9 Å². The lowest BCUT2D eigenvalue weighted by molar-refractivity contribution is -0.117. The first kappa shape index (κ1) is 20.0. The molecule has 0 saturated carbocycles. The van der Waals surface area contributed by atoms with Gasteiger partial charge in [-0.3, -0.25) is 4.79 Å². The van der Waals surface area contributed by atoms with E-state index in [0.717, 1.165) is 16.1 Å². The van der Waals surface area contributed by atoms with Gasteiger partial charge in [-0.25, -0.2) is 4.79 Å². The number of hydrogen-bond acceptors (Lipinski definition) is 4. The molecule has 2 aromatic rings. The highest BCUT2D eigenvalue weighted by Crippen LogP contribution is 2.19. The molecule has 0 radical (unpaired) electrons. The van der Waals surface area contributed by atoms with E-state index in [1.54, 1.807) is 25.2 Å². The first-order chi connectivity index (χ1) is 12.2. The fourth-order valence-electron chi connectivity index (χ4n) is 2.35. The topological polar surface area (TPSA) is 67.4 Å². The van der Waals surface area contributed by atoms with Crippen LogP contribution in [0, 0.1) is 13.8 Å². The molecule has 140 valence electrons. The quantitative estimate of drug-likeness (QED) is 0.732. The van der Waals surface area contributed by atoms with E-state index in [-0.39, 0.29) is 12.3 Å². The van der Waals surface area contributed by atoms with E-state index in [9.17, 15) is 9.59 Å². The van der Waals surface area contributed by atoms with Gasteiger partial charge in [0.1, 0.15) is 5.60 Å². The Morgan fingerprint density at radius 1 is 1.08 bits per heavy atom. The normalized spacial score (nSPS) is 11.1. The second-order valence-corrected chi connectivity index (χ2v) is 8.30. The van der Waals surface area contributed by atoms with Crippen molar-refractivity contribution in [1.29, 1.82) is 0 Å². The number of carbonyl (C=O) groups excluding carboxylic acids is 2. The Labute approximate surface area is 158 Å². The molecule has 2 amide bonds. The zero-order valence-corrected chi connectivity index (χ0v) is 16.5. The second-order valence-electron chi connectivity index (χ2n) is 6.93. The van der Waals surface area contributed by atoms with Gasteiger partial charge < -0.3 is 15.4 Å². The lowest BCUT2D eigenvalue weighted by Gasteiger charge is -2.25. The monoisotopic (exact) mass is 374 g/mol. The van der Waals surface area contributed by atoms with E-state index in [0.29, 0.717) is 13.0 Å². The van der Waals surface area contributed by atoms with Gasteiger partial charge in [0.05, 0.1) is 6.54 Å². The van der Waals surface area contributed by atoms with E-state index in [2.05, 4.69) is 10.6 Å². The number of alkyl carbamates (subject to hydrolysis) is 1. The SMILES string of the molecule is Cc1ccc(NC(=O)CCC(C)(C)OC(=O)NCc2ccc(C)s2)cc1. The molecule has 1 aromatic heterocycles. The number of anilines is 1. The number of nitrogens with one attached hydrogen (secondary N) is 2. The fraction of sp³-hybridized carbons (Fsp3) is 0.400. The van der Waals surface area contributed by atoms with Crippen molar-refractivity contribution in [1.82, 2.24) is 5.32 Å². The molecule has 2 N–H and O–H groups in total. The Hall–Kier alpha value is -2.34. The predicted octanol–water partition coefficient (Wildman–Crippen LogP) is 4.79. The summed E-state index contributed by atoms with van der Waals surface area (Å²) in [6, 6.07) is 11.6. The molecule has 0 atom stereocenters. The van der Waals surface area contributed by atoms with Gasteiger partial charge in [-0.2, -0.15) is 0 Å². The summed E-state index contributed by atoms with van der Waals surface area (Å²) in [7, 11) is 0. The third kappa shape index (κ3) is 6.88. The van der Waals surface area contributed by atoms with Gasteiger partial charge in [0.15, 0.2) is 0 Å². The summed E-state index contributed by atoms with van der Waals surface area (Å²) in [5.74, 6) is -0.0972. The van der Waals surface area contributed by atoms with Crippen LogP contribution in [-0.4, -0.2) is 17.6 Å². The maximum absolute atomic E-state index is 12.1. The van der Waals surface area contributed by atoms with Crippen molar-refractivity contribution in [3.8, 4) is 0 Å². The lowest BCUT2D eigenvalue weighted by atomic mass is 10.0. The number of benzene rings is 1. The molecule has 0 bridgehead atoms. The summed E-state index contributed by atoms with van der Waals surface area (Å²) in [5, 5.41) is 5.60. The highest BCUT2D eigenvalue weighted by Gasteiger charge is 2.24.